The lowest BCUT2D eigenvalue weighted by molar-refractivity contribution is -0.136. The van der Waals surface area contributed by atoms with Gasteiger partial charge < -0.3 is 9.51 Å². The molecule has 0 saturated heterocycles. The smallest absolute Gasteiger partial charge is 0.303 e. The molecule has 0 fully saturated rings. The second-order valence-corrected chi connectivity index (χ2v) is 6.51. The van der Waals surface area contributed by atoms with Crippen LogP contribution in [0.15, 0.2) is 42.6 Å². The molecule has 0 aliphatic carbocycles. The van der Waals surface area contributed by atoms with E-state index in [0.717, 1.165) is 28.2 Å². The van der Waals surface area contributed by atoms with Crippen LogP contribution in [0, 0.1) is 6.92 Å². The molecule has 0 bridgehead atoms. The zero-order valence-electron chi connectivity index (χ0n) is 14.3. The monoisotopic (exact) mass is 322 g/mol. The Kier molecular flexibility index (Phi) is 4.38. The highest BCUT2D eigenvalue weighted by molar-refractivity contribution is 5.70. The van der Waals surface area contributed by atoms with Crippen LogP contribution in [0.2, 0.25) is 0 Å². The second kappa shape index (κ2) is 6.48. The van der Waals surface area contributed by atoms with E-state index in [-0.39, 0.29) is 6.42 Å². The van der Waals surface area contributed by atoms with Gasteiger partial charge in [0.05, 0.1) is 17.8 Å². The van der Waals surface area contributed by atoms with Crippen molar-refractivity contribution in [3.8, 4) is 11.3 Å². The summed E-state index contributed by atoms with van der Waals surface area (Å²) in [5.41, 5.74) is 6.13. The van der Waals surface area contributed by atoms with E-state index in [1.165, 1.54) is 5.56 Å². The third-order valence-electron chi connectivity index (χ3n) is 4.31. The maximum Gasteiger partial charge on any atom is 0.303 e. The van der Waals surface area contributed by atoms with Crippen LogP contribution in [0.3, 0.4) is 0 Å². The fourth-order valence-corrected chi connectivity index (χ4v) is 2.92. The Morgan fingerprint density at radius 1 is 1.21 bits per heavy atom. The lowest BCUT2D eigenvalue weighted by atomic mass is 10.00. The Bertz CT molecular complexity index is 877. The van der Waals surface area contributed by atoms with Crippen LogP contribution in [-0.4, -0.2) is 20.5 Å². The molecule has 2 heterocycles. The van der Waals surface area contributed by atoms with Crippen molar-refractivity contribution >= 4 is 11.6 Å². The van der Waals surface area contributed by atoms with E-state index in [9.17, 15) is 4.79 Å². The number of aryl methyl sites for hydroxylation is 2. The average Bonchev–Trinajstić information content (AvgIpc) is 2.90. The van der Waals surface area contributed by atoms with E-state index in [2.05, 4.69) is 38.1 Å². The number of carboxylic acids is 1. The Morgan fingerprint density at radius 3 is 2.54 bits per heavy atom. The maximum atomic E-state index is 11.0. The molecule has 0 unspecified atom stereocenters. The molecule has 24 heavy (non-hydrogen) atoms. The summed E-state index contributed by atoms with van der Waals surface area (Å²) in [6.07, 6.45) is 2.53. The number of nitrogens with zero attached hydrogens (tertiary/aromatic N) is 2. The van der Waals surface area contributed by atoms with Gasteiger partial charge in [-0.2, -0.15) is 0 Å². The first-order chi connectivity index (χ1) is 11.5. The molecule has 0 saturated carbocycles. The van der Waals surface area contributed by atoms with Crippen LogP contribution in [0.1, 0.15) is 43.0 Å². The molecule has 124 valence electrons. The van der Waals surface area contributed by atoms with Gasteiger partial charge >= 0.3 is 5.97 Å². The topological polar surface area (TPSA) is 54.6 Å². The Labute approximate surface area is 141 Å². The minimum atomic E-state index is -0.793. The minimum absolute atomic E-state index is 0.0960. The summed E-state index contributed by atoms with van der Waals surface area (Å²) >= 11 is 0. The lowest BCUT2D eigenvalue weighted by Gasteiger charge is -2.07. The molecule has 0 aliphatic rings. The number of pyridine rings is 1. The number of carboxylic acid groups (broad SMARTS) is 1. The van der Waals surface area contributed by atoms with Crippen molar-refractivity contribution in [2.45, 2.75) is 39.5 Å². The number of hydrogen-bond acceptors (Lipinski definition) is 2. The molecule has 0 radical (unpaired) electrons. The molecule has 2 aromatic heterocycles. The Morgan fingerprint density at radius 2 is 1.92 bits per heavy atom. The largest absolute Gasteiger partial charge is 0.481 e. The molecule has 0 atom stereocenters. The summed E-state index contributed by atoms with van der Waals surface area (Å²) in [5.74, 6) is -0.313. The van der Waals surface area contributed by atoms with E-state index < -0.39 is 5.97 Å². The summed E-state index contributed by atoms with van der Waals surface area (Å²) in [6, 6.07) is 12.4. The number of imidazole rings is 1. The van der Waals surface area contributed by atoms with Crippen molar-refractivity contribution in [2.24, 2.45) is 0 Å². The predicted molar refractivity (Wildman–Crippen MR) is 95.4 cm³/mol. The number of aliphatic carboxylic acids is 1. The summed E-state index contributed by atoms with van der Waals surface area (Å²) < 4.78 is 2.00. The van der Waals surface area contributed by atoms with Crippen molar-refractivity contribution in [2.75, 3.05) is 0 Å². The van der Waals surface area contributed by atoms with Gasteiger partial charge in [-0.1, -0.05) is 38.1 Å². The van der Waals surface area contributed by atoms with Crippen LogP contribution in [0.25, 0.3) is 16.9 Å². The van der Waals surface area contributed by atoms with Gasteiger partial charge in [-0.15, -0.1) is 0 Å². The first-order valence-electron chi connectivity index (χ1n) is 8.25. The normalized spacial score (nSPS) is 11.3. The van der Waals surface area contributed by atoms with Crippen molar-refractivity contribution in [3.05, 3.63) is 59.4 Å². The highest BCUT2D eigenvalue weighted by Crippen LogP contribution is 2.27. The fourth-order valence-electron chi connectivity index (χ4n) is 2.92. The standard InChI is InChI=1S/C20H22N2O2/c1-13(2)15-4-6-16(7-5-15)20-17(8-9-19(23)24)22-11-10-14(3)12-18(22)21-20/h4-7,10-13H,8-9H2,1-3H3,(H,23,24). The third kappa shape index (κ3) is 3.18. The second-order valence-electron chi connectivity index (χ2n) is 6.51. The quantitative estimate of drug-likeness (QED) is 0.755. The third-order valence-corrected chi connectivity index (χ3v) is 4.31. The SMILES string of the molecule is Cc1ccn2c(CCC(=O)O)c(-c3ccc(C(C)C)cc3)nc2c1. The molecule has 3 aromatic rings. The van der Waals surface area contributed by atoms with Crippen molar-refractivity contribution in [1.82, 2.24) is 9.38 Å². The molecule has 3 rings (SSSR count). The zero-order chi connectivity index (χ0) is 17.3. The van der Waals surface area contributed by atoms with Gasteiger partial charge in [-0.3, -0.25) is 4.79 Å². The van der Waals surface area contributed by atoms with Crippen LogP contribution < -0.4 is 0 Å². The summed E-state index contributed by atoms with van der Waals surface area (Å²) in [4.78, 5) is 15.8. The summed E-state index contributed by atoms with van der Waals surface area (Å²) in [7, 11) is 0. The number of rotatable bonds is 5. The number of aromatic nitrogens is 2. The molecule has 4 nitrogen and oxygen atoms in total. The van der Waals surface area contributed by atoms with Gasteiger partial charge in [0.2, 0.25) is 0 Å². The predicted octanol–water partition coefficient (Wildman–Crippen LogP) is 4.45. The number of hydrogen-bond donors (Lipinski definition) is 1. The lowest BCUT2D eigenvalue weighted by Crippen LogP contribution is -2.01. The van der Waals surface area contributed by atoms with Gasteiger partial charge in [0.1, 0.15) is 5.65 Å². The highest BCUT2D eigenvalue weighted by Gasteiger charge is 2.15. The molecule has 4 heteroatoms. The van der Waals surface area contributed by atoms with Gasteiger partial charge in [0.15, 0.2) is 0 Å². The van der Waals surface area contributed by atoms with Crippen molar-refractivity contribution < 1.29 is 9.90 Å². The van der Waals surface area contributed by atoms with E-state index >= 15 is 0 Å². The van der Waals surface area contributed by atoms with E-state index in [1.54, 1.807) is 0 Å². The summed E-state index contributed by atoms with van der Waals surface area (Å²) in [5, 5.41) is 9.06. The van der Waals surface area contributed by atoms with Crippen molar-refractivity contribution in [1.29, 1.82) is 0 Å². The van der Waals surface area contributed by atoms with E-state index in [0.29, 0.717) is 12.3 Å². The van der Waals surface area contributed by atoms with E-state index in [4.69, 9.17) is 10.1 Å². The fraction of sp³-hybridized carbons (Fsp3) is 0.300. The molecular weight excluding hydrogens is 300 g/mol. The first-order valence-corrected chi connectivity index (χ1v) is 8.25. The van der Waals surface area contributed by atoms with Crippen LogP contribution in [-0.2, 0) is 11.2 Å². The molecular formula is C20H22N2O2. The molecule has 0 aliphatic heterocycles. The number of carbonyl (C=O) groups is 1. The molecule has 0 spiro atoms. The van der Waals surface area contributed by atoms with Gasteiger partial charge in [0.25, 0.3) is 0 Å². The zero-order valence-corrected chi connectivity index (χ0v) is 14.3. The van der Waals surface area contributed by atoms with Crippen LogP contribution in [0.5, 0.6) is 0 Å². The van der Waals surface area contributed by atoms with E-state index in [1.807, 2.05) is 29.7 Å². The van der Waals surface area contributed by atoms with Crippen LogP contribution in [0.4, 0.5) is 0 Å². The molecule has 1 N–H and O–H groups in total. The Hall–Kier alpha value is -2.62. The Balaban J connectivity index is 2.10. The van der Waals surface area contributed by atoms with Crippen molar-refractivity contribution in [3.63, 3.8) is 0 Å². The first kappa shape index (κ1) is 16.2. The molecule has 0 amide bonds. The minimum Gasteiger partial charge on any atom is -0.481 e. The summed E-state index contributed by atoms with van der Waals surface area (Å²) in [6.45, 7) is 6.37. The van der Waals surface area contributed by atoms with Gasteiger partial charge in [-0.25, -0.2) is 4.98 Å². The number of benzene rings is 1. The maximum absolute atomic E-state index is 11.0. The highest BCUT2D eigenvalue weighted by atomic mass is 16.4. The van der Waals surface area contributed by atoms with Crippen LogP contribution >= 0.6 is 0 Å². The van der Waals surface area contributed by atoms with Gasteiger partial charge in [0, 0.05) is 18.2 Å². The number of fused-ring (bicyclic) bond motifs is 1. The van der Waals surface area contributed by atoms with Gasteiger partial charge in [-0.05, 0) is 36.1 Å². The molecule has 1 aromatic carbocycles. The average molecular weight is 322 g/mol.